The highest BCUT2D eigenvalue weighted by molar-refractivity contribution is 6.02. The Kier molecular flexibility index (Phi) is 5.59. The van der Waals surface area contributed by atoms with Crippen molar-refractivity contribution in [1.29, 1.82) is 0 Å². The molecule has 0 amide bonds. The van der Waals surface area contributed by atoms with E-state index in [1.807, 2.05) is 26.0 Å². The number of pyridine rings is 1. The van der Waals surface area contributed by atoms with Gasteiger partial charge in [-0.1, -0.05) is 0 Å². The smallest absolute Gasteiger partial charge is 0.387 e. The van der Waals surface area contributed by atoms with Gasteiger partial charge >= 0.3 is 6.61 Å². The monoisotopic (exact) mass is 439 g/mol. The van der Waals surface area contributed by atoms with Crippen LogP contribution in [0.15, 0.2) is 36.7 Å². The molecule has 1 aliphatic rings. The molecule has 1 aliphatic carbocycles. The fourth-order valence-corrected chi connectivity index (χ4v) is 3.69. The maximum Gasteiger partial charge on any atom is 0.387 e. The first kappa shape index (κ1) is 21.8. The van der Waals surface area contributed by atoms with E-state index in [0.717, 1.165) is 18.4 Å². The molecule has 0 atom stereocenters. The van der Waals surface area contributed by atoms with E-state index in [1.54, 1.807) is 22.9 Å². The first-order valence-corrected chi connectivity index (χ1v) is 10.3. The highest BCUT2D eigenvalue weighted by atomic mass is 19.3. The number of methoxy groups -OCH3 is 1. The van der Waals surface area contributed by atoms with Crippen LogP contribution in [-0.4, -0.2) is 28.9 Å². The molecule has 2 heterocycles. The van der Waals surface area contributed by atoms with Crippen LogP contribution in [0.5, 0.6) is 11.5 Å². The molecular formula is C24H23F2N3O3. The molecule has 2 aromatic heterocycles. The van der Waals surface area contributed by atoms with E-state index in [-0.39, 0.29) is 29.3 Å². The van der Waals surface area contributed by atoms with Crippen LogP contribution in [-0.2, 0) is 5.54 Å². The third kappa shape index (κ3) is 4.15. The van der Waals surface area contributed by atoms with Crippen LogP contribution in [0.2, 0.25) is 0 Å². The Hall–Kier alpha value is -3.47. The first-order valence-electron chi connectivity index (χ1n) is 10.3. The van der Waals surface area contributed by atoms with Crippen LogP contribution in [0, 0.1) is 12.5 Å². The van der Waals surface area contributed by atoms with Gasteiger partial charge < -0.3 is 14.3 Å². The number of ketones is 1. The summed E-state index contributed by atoms with van der Waals surface area (Å²) in [4.78, 5) is 20.9. The molecule has 8 heteroatoms. The summed E-state index contributed by atoms with van der Waals surface area (Å²) in [5, 5.41) is 0. The van der Waals surface area contributed by atoms with Gasteiger partial charge in [0.1, 0.15) is 22.7 Å². The van der Waals surface area contributed by atoms with Crippen molar-refractivity contribution in [3.63, 3.8) is 0 Å². The van der Waals surface area contributed by atoms with Gasteiger partial charge in [0.15, 0.2) is 5.78 Å². The van der Waals surface area contributed by atoms with Crippen molar-refractivity contribution in [2.24, 2.45) is 5.92 Å². The average molecular weight is 439 g/mol. The molecule has 0 aliphatic heterocycles. The Morgan fingerprint density at radius 3 is 2.66 bits per heavy atom. The van der Waals surface area contributed by atoms with Crippen molar-refractivity contribution < 1.29 is 23.0 Å². The molecule has 0 radical (unpaired) electrons. The Morgan fingerprint density at radius 2 is 2.03 bits per heavy atom. The van der Waals surface area contributed by atoms with Crippen LogP contribution < -0.4 is 9.47 Å². The first-order chi connectivity index (χ1) is 15.2. The molecule has 6 nitrogen and oxygen atoms in total. The maximum atomic E-state index is 13.2. The predicted octanol–water partition coefficient (Wildman–Crippen LogP) is 5.75. The van der Waals surface area contributed by atoms with Gasteiger partial charge in [-0.3, -0.25) is 9.20 Å². The zero-order valence-electron chi connectivity index (χ0n) is 18.1. The quantitative estimate of drug-likeness (QED) is 0.331. The fourth-order valence-electron chi connectivity index (χ4n) is 3.69. The zero-order valence-corrected chi connectivity index (χ0v) is 18.1. The summed E-state index contributed by atoms with van der Waals surface area (Å²) in [5.41, 5.74) is 1.91. The van der Waals surface area contributed by atoms with Crippen LogP contribution in [0.3, 0.4) is 0 Å². The Morgan fingerprint density at radius 1 is 1.31 bits per heavy atom. The third-order valence-electron chi connectivity index (χ3n) is 5.75. The number of carbonyl (C=O) groups excluding carboxylic acids is 1. The molecule has 0 spiro atoms. The fraction of sp³-hybridized carbons (Fsp3) is 0.375. The van der Waals surface area contributed by atoms with E-state index in [4.69, 9.17) is 16.0 Å². The molecule has 1 aromatic carbocycles. The van der Waals surface area contributed by atoms with Crippen molar-refractivity contribution in [2.75, 3.05) is 7.11 Å². The second-order valence-electron chi connectivity index (χ2n) is 8.46. The van der Waals surface area contributed by atoms with Gasteiger partial charge in [-0.25, -0.2) is 11.6 Å². The molecule has 4 rings (SSSR count). The number of Topliss-reactive ketones (excluding diaryl/α,β-unsaturated/α-hetero) is 1. The largest absolute Gasteiger partial charge is 0.496 e. The number of ether oxygens (including phenoxy) is 2. The molecule has 1 fully saturated rings. The second kappa shape index (κ2) is 8.23. The van der Waals surface area contributed by atoms with E-state index < -0.39 is 12.2 Å². The molecule has 166 valence electrons. The number of hydrogen-bond donors (Lipinski definition) is 0. The Labute approximate surface area is 184 Å². The number of aromatic nitrogens is 2. The number of carbonyl (C=O) groups is 1. The number of imidazole rings is 1. The highest BCUT2D eigenvalue weighted by Crippen LogP contribution is 2.40. The molecule has 3 aromatic rings. The van der Waals surface area contributed by atoms with Crippen LogP contribution in [0.4, 0.5) is 8.78 Å². The van der Waals surface area contributed by atoms with E-state index in [1.165, 1.54) is 13.2 Å². The summed E-state index contributed by atoms with van der Waals surface area (Å²) < 4.78 is 38.3. The summed E-state index contributed by atoms with van der Waals surface area (Å²) in [6.45, 7) is 7.97. The lowest BCUT2D eigenvalue weighted by Crippen LogP contribution is -2.11. The lowest BCUT2D eigenvalue weighted by molar-refractivity contribution is -0.0502. The molecule has 0 bridgehead atoms. The average Bonchev–Trinajstić information content (AvgIpc) is 3.47. The van der Waals surface area contributed by atoms with Gasteiger partial charge in [-0.05, 0) is 43.0 Å². The highest BCUT2D eigenvalue weighted by Gasteiger charge is 2.30. The summed E-state index contributed by atoms with van der Waals surface area (Å²) in [7, 11) is 1.40. The van der Waals surface area contributed by atoms with Gasteiger partial charge in [0, 0.05) is 37.6 Å². The van der Waals surface area contributed by atoms with Gasteiger partial charge in [0.05, 0.1) is 19.0 Å². The number of nitrogens with zero attached hydrogens (tertiary/aromatic N) is 3. The van der Waals surface area contributed by atoms with Gasteiger partial charge in [-0.15, -0.1) is 0 Å². The number of halogens is 2. The topological polar surface area (TPSA) is 57.2 Å². The van der Waals surface area contributed by atoms with Gasteiger partial charge in [0.25, 0.3) is 5.54 Å². The van der Waals surface area contributed by atoms with Crippen LogP contribution >= 0.6 is 0 Å². The van der Waals surface area contributed by atoms with E-state index in [0.29, 0.717) is 22.8 Å². The summed E-state index contributed by atoms with van der Waals surface area (Å²) in [6, 6.07) is 6.72. The lowest BCUT2D eigenvalue weighted by Gasteiger charge is -2.16. The minimum atomic E-state index is -3.08. The third-order valence-corrected chi connectivity index (χ3v) is 5.75. The number of hydrogen-bond acceptors (Lipinski definition) is 4. The van der Waals surface area contributed by atoms with Crippen LogP contribution in [0.1, 0.15) is 49.0 Å². The minimum Gasteiger partial charge on any atom is -0.496 e. The van der Waals surface area contributed by atoms with Crippen molar-refractivity contribution in [3.8, 4) is 22.8 Å². The van der Waals surface area contributed by atoms with Crippen molar-refractivity contribution in [3.05, 3.63) is 59.2 Å². The zero-order chi connectivity index (χ0) is 23.0. The summed E-state index contributed by atoms with van der Waals surface area (Å²) in [6.07, 6.45) is 5.60. The standard InChI is InChI=1S/C24H23F2N3O3/c1-24(2,27-3)16-7-8-29-17(13-28-21(29)12-16)15-10-19(31-4)22(18(30)9-14-5-6-14)20(11-15)32-23(25)26/h7-8,10-14,23H,5-6,9H2,1-2,4H3. The maximum absolute atomic E-state index is 13.2. The van der Waals surface area contributed by atoms with Crippen molar-refractivity contribution >= 4 is 11.4 Å². The Balaban J connectivity index is 1.82. The molecule has 1 saturated carbocycles. The summed E-state index contributed by atoms with van der Waals surface area (Å²) >= 11 is 0. The molecule has 0 saturated heterocycles. The Bertz CT molecular complexity index is 1220. The van der Waals surface area contributed by atoms with E-state index in [2.05, 4.69) is 9.83 Å². The number of rotatable bonds is 8. The van der Waals surface area contributed by atoms with Crippen LogP contribution in [0.25, 0.3) is 21.7 Å². The van der Waals surface area contributed by atoms with Crippen molar-refractivity contribution in [1.82, 2.24) is 9.38 Å². The second-order valence-corrected chi connectivity index (χ2v) is 8.46. The molecule has 32 heavy (non-hydrogen) atoms. The number of fused-ring (bicyclic) bond motifs is 1. The van der Waals surface area contributed by atoms with E-state index in [9.17, 15) is 13.6 Å². The number of benzene rings is 1. The SMILES string of the molecule is [C-]#[N+]C(C)(C)c1ccn2c(-c3cc(OC)c(C(=O)CC4CC4)c(OC(F)F)c3)cnc2c1. The molecule has 0 unspecified atom stereocenters. The van der Waals surface area contributed by atoms with Gasteiger partial charge in [-0.2, -0.15) is 8.78 Å². The number of alkyl halides is 2. The molecular weight excluding hydrogens is 416 g/mol. The predicted molar refractivity (Wildman–Crippen MR) is 115 cm³/mol. The summed E-state index contributed by atoms with van der Waals surface area (Å²) in [5.74, 6) is -0.000105. The van der Waals surface area contributed by atoms with E-state index >= 15 is 0 Å². The lowest BCUT2D eigenvalue weighted by atomic mass is 9.96. The minimum absolute atomic E-state index is 0.0402. The normalized spacial score (nSPS) is 13.9. The molecule has 0 N–H and O–H groups in total. The van der Waals surface area contributed by atoms with Gasteiger partial charge in [0.2, 0.25) is 0 Å². The van der Waals surface area contributed by atoms with Crippen molar-refractivity contribution in [2.45, 2.75) is 45.3 Å².